The van der Waals surface area contributed by atoms with E-state index in [9.17, 15) is 13.9 Å². The van der Waals surface area contributed by atoms with Crippen LogP contribution in [-0.4, -0.2) is 11.2 Å². The first-order valence-electron chi connectivity index (χ1n) is 6.99. The highest BCUT2D eigenvalue weighted by molar-refractivity contribution is 5.19. The fourth-order valence-electron chi connectivity index (χ4n) is 2.89. The van der Waals surface area contributed by atoms with Gasteiger partial charge in [-0.25, -0.2) is 8.78 Å². The van der Waals surface area contributed by atoms with Crippen molar-refractivity contribution in [3.8, 4) is 0 Å². The molecule has 1 unspecified atom stereocenters. The summed E-state index contributed by atoms with van der Waals surface area (Å²) in [5.74, 6) is -0.900. The molecule has 0 bridgehead atoms. The van der Waals surface area contributed by atoms with Crippen molar-refractivity contribution in [3.63, 3.8) is 0 Å². The molecule has 0 heterocycles. The third kappa shape index (κ3) is 3.75. The van der Waals surface area contributed by atoms with Gasteiger partial charge in [-0.05, 0) is 48.6 Å². The van der Waals surface area contributed by atoms with Gasteiger partial charge in [0.2, 0.25) is 0 Å². The molecular formula is C16H22F2O. The minimum absolute atomic E-state index is 0.234. The quantitative estimate of drug-likeness (QED) is 0.875. The first-order chi connectivity index (χ1) is 8.87. The molecule has 19 heavy (non-hydrogen) atoms. The molecule has 1 aromatic rings. The van der Waals surface area contributed by atoms with E-state index in [1.807, 2.05) is 0 Å². The Bertz CT molecular complexity index is 432. The summed E-state index contributed by atoms with van der Waals surface area (Å²) in [6.45, 7) is 4.49. The smallest absolute Gasteiger partial charge is 0.129 e. The molecule has 0 spiro atoms. The largest absolute Gasteiger partial charge is 0.392 e. The molecule has 0 aliphatic heterocycles. The van der Waals surface area contributed by atoms with Crippen molar-refractivity contribution >= 4 is 0 Å². The van der Waals surface area contributed by atoms with Crippen LogP contribution < -0.4 is 0 Å². The van der Waals surface area contributed by atoms with Gasteiger partial charge in [-0.2, -0.15) is 0 Å². The number of halogens is 2. The molecule has 0 saturated heterocycles. The Kier molecular flexibility index (Phi) is 4.24. The molecule has 3 heteroatoms. The van der Waals surface area contributed by atoms with Crippen molar-refractivity contribution in [2.45, 2.75) is 52.1 Å². The van der Waals surface area contributed by atoms with E-state index in [-0.39, 0.29) is 12.3 Å². The normalized spacial score (nSPS) is 21.3. The number of aliphatic hydroxyl groups is 1. The number of aliphatic hydroxyl groups excluding tert-OH is 1. The van der Waals surface area contributed by atoms with Crippen molar-refractivity contribution in [2.75, 3.05) is 0 Å². The zero-order valence-corrected chi connectivity index (χ0v) is 11.6. The minimum Gasteiger partial charge on any atom is -0.392 e. The lowest BCUT2D eigenvalue weighted by Crippen LogP contribution is -2.30. The van der Waals surface area contributed by atoms with Crippen LogP contribution in [0, 0.1) is 23.0 Å². The van der Waals surface area contributed by atoms with Gasteiger partial charge in [0.1, 0.15) is 11.6 Å². The van der Waals surface area contributed by atoms with Gasteiger partial charge >= 0.3 is 0 Å². The average Bonchev–Trinajstić information content (AvgIpc) is 2.32. The van der Waals surface area contributed by atoms with Gasteiger partial charge in [0.15, 0.2) is 0 Å². The van der Waals surface area contributed by atoms with Crippen molar-refractivity contribution in [3.05, 3.63) is 35.4 Å². The molecule has 0 amide bonds. The second kappa shape index (κ2) is 5.58. The van der Waals surface area contributed by atoms with Gasteiger partial charge in [-0.15, -0.1) is 0 Å². The van der Waals surface area contributed by atoms with E-state index < -0.39 is 17.7 Å². The molecule has 1 atom stereocenters. The Morgan fingerprint density at radius 3 is 2.47 bits per heavy atom. The van der Waals surface area contributed by atoms with Crippen molar-refractivity contribution < 1.29 is 13.9 Å². The topological polar surface area (TPSA) is 20.2 Å². The summed E-state index contributed by atoms with van der Waals surface area (Å²) >= 11 is 0. The van der Waals surface area contributed by atoms with Gasteiger partial charge in [0, 0.05) is 12.5 Å². The summed E-state index contributed by atoms with van der Waals surface area (Å²) < 4.78 is 26.4. The maximum atomic E-state index is 13.5. The van der Waals surface area contributed by atoms with Gasteiger partial charge in [-0.3, -0.25) is 0 Å². The number of hydrogen-bond donors (Lipinski definition) is 1. The highest BCUT2D eigenvalue weighted by Crippen LogP contribution is 2.39. The Hall–Kier alpha value is -0.960. The standard InChI is InChI=1S/C16H22F2O/c1-16(2)7-5-11(6-8-16)15(19)9-12-3-4-13(17)10-14(12)18/h3-4,10-11,15,19H,5-9H2,1-2H3. The lowest BCUT2D eigenvalue weighted by atomic mass is 9.71. The van der Waals surface area contributed by atoms with Crippen molar-refractivity contribution in [2.24, 2.45) is 11.3 Å². The Morgan fingerprint density at radius 1 is 1.26 bits per heavy atom. The molecule has 1 aliphatic carbocycles. The van der Waals surface area contributed by atoms with E-state index in [0.29, 0.717) is 11.0 Å². The van der Waals surface area contributed by atoms with E-state index >= 15 is 0 Å². The van der Waals surface area contributed by atoms with E-state index in [2.05, 4.69) is 13.8 Å². The third-order valence-corrected chi connectivity index (χ3v) is 4.37. The van der Waals surface area contributed by atoms with Crippen LogP contribution in [-0.2, 0) is 6.42 Å². The molecule has 106 valence electrons. The number of rotatable bonds is 3. The van der Waals surface area contributed by atoms with Crippen LogP contribution in [0.15, 0.2) is 18.2 Å². The van der Waals surface area contributed by atoms with Crippen LogP contribution >= 0.6 is 0 Å². The summed E-state index contributed by atoms with van der Waals surface area (Å²) in [5, 5.41) is 10.2. The van der Waals surface area contributed by atoms with Gasteiger partial charge in [-0.1, -0.05) is 19.9 Å². The van der Waals surface area contributed by atoms with E-state index in [1.54, 1.807) is 0 Å². The van der Waals surface area contributed by atoms with Crippen LogP contribution in [0.4, 0.5) is 8.78 Å². The summed E-state index contributed by atoms with van der Waals surface area (Å²) in [7, 11) is 0. The molecule has 0 radical (unpaired) electrons. The van der Waals surface area contributed by atoms with Crippen molar-refractivity contribution in [1.82, 2.24) is 0 Å². The molecule has 1 nitrogen and oxygen atoms in total. The summed E-state index contributed by atoms with van der Waals surface area (Å²) in [4.78, 5) is 0. The SMILES string of the molecule is CC1(C)CCC(C(O)Cc2ccc(F)cc2F)CC1. The van der Waals surface area contributed by atoms with Crippen LogP contribution in [0.5, 0.6) is 0 Å². The summed E-state index contributed by atoms with van der Waals surface area (Å²) in [6.07, 6.45) is 3.91. The summed E-state index contributed by atoms with van der Waals surface area (Å²) in [5.41, 5.74) is 0.760. The predicted octanol–water partition coefficient (Wildman–Crippen LogP) is 4.08. The van der Waals surface area contributed by atoms with Crippen LogP contribution in [0.3, 0.4) is 0 Å². The first kappa shape index (κ1) is 14.4. The second-order valence-electron chi connectivity index (χ2n) is 6.51. The molecule has 1 N–H and O–H groups in total. The van der Waals surface area contributed by atoms with E-state index in [4.69, 9.17) is 0 Å². The maximum absolute atomic E-state index is 13.5. The van der Waals surface area contributed by atoms with Crippen LogP contribution in [0.2, 0.25) is 0 Å². The third-order valence-electron chi connectivity index (χ3n) is 4.37. The Morgan fingerprint density at radius 2 is 1.89 bits per heavy atom. The zero-order valence-electron chi connectivity index (χ0n) is 11.6. The maximum Gasteiger partial charge on any atom is 0.129 e. The molecule has 1 aliphatic rings. The predicted molar refractivity (Wildman–Crippen MR) is 71.8 cm³/mol. The van der Waals surface area contributed by atoms with E-state index in [1.165, 1.54) is 12.1 Å². The second-order valence-corrected chi connectivity index (χ2v) is 6.51. The van der Waals surface area contributed by atoms with Gasteiger partial charge < -0.3 is 5.11 Å². The molecule has 1 fully saturated rings. The number of hydrogen-bond acceptors (Lipinski definition) is 1. The lowest BCUT2D eigenvalue weighted by molar-refractivity contribution is 0.0570. The molecular weight excluding hydrogens is 246 g/mol. The zero-order chi connectivity index (χ0) is 14.0. The lowest BCUT2D eigenvalue weighted by Gasteiger charge is -2.36. The Labute approximate surface area is 113 Å². The molecule has 0 aromatic heterocycles. The van der Waals surface area contributed by atoms with E-state index in [0.717, 1.165) is 31.7 Å². The minimum atomic E-state index is -0.574. The summed E-state index contributed by atoms with van der Waals surface area (Å²) in [6, 6.07) is 3.56. The van der Waals surface area contributed by atoms with Gasteiger partial charge in [0.25, 0.3) is 0 Å². The highest BCUT2D eigenvalue weighted by atomic mass is 19.1. The number of benzene rings is 1. The fraction of sp³-hybridized carbons (Fsp3) is 0.625. The highest BCUT2D eigenvalue weighted by Gasteiger charge is 2.30. The average molecular weight is 268 g/mol. The van der Waals surface area contributed by atoms with Gasteiger partial charge in [0.05, 0.1) is 6.10 Å². The van der Waals surface area contributed by atoms with Crippen LogP contribution in [0.25, 0.3) is 0 Å². The molecule has 2 rings (SSSR count). The van der Waals surface area contributed by atoms with Crippen LogP contribution in [0.1, 0.15) is 45.1 Å². The molecule has 1 saturated carbocycles. The fourth-order valence-corrected chi connectivity index (χ4v) is 2.89. The molecule has 1 aromatic carbocycles. The first-order valence-corrected chi connectivity index (χ1v) is 6.99. The van der Waals surface area contributed by atoms with Crippen molar-refractivity contribution in [1.29, 1.82) is 0 Å². The Balaban J connectivity index is 1.96. The monoisotopic (exact) mass is 268 g/mol.